The fourth-order valence-electron chi connectivity index (χ4n) is 1.76. The van der Waals surface area contributed by atoms with Crippen LogP contribution < -0.4 is 0 Å². The quantitative estimate of drug-likeness (QED) is 0.684. The van der Waals surface area contributed by atoms with Crippen LogP contribution in [-0.4, -0.2) is 10.1 Å². The molecule has 1 aromatic rings. The molecule has 0 aliphatic rings. The second-order valence-electron chi connectivity index (χ2n) is 5.00. The number of rotatable bonds is 6. The van der Waals surface area contributed by atoms with Crippen molar-refractivity contribution in [1.29, 1.82) is 0 Å². The van der Waals surface area contributed by atoms with E-state index in [1.165, 1.54) is 32.1 Å². The maximum absolute atomic E-state index is 8.98. The van der Waals surface area contributed by atoms with Gasteiger partial charge in [0.25, 0.3) is 0 Å². The number of aliphatic hydroxyl groups is 1. The minimum Gasteiger partial charge on any atom is -0.387 e. The topological polar surface area (TPSA) is 33.1 Å². The number of aryl methyl sites for hydroxylation is 1. The number of aliphatic hydroxyl groups excluding tert-OH is 1. The molecule has 0 saturated carbocycles. The SMILES string of the molecule is CC.CCCCC(C)CCC.Cc1nc(C(C)O)cs1. The number of hydrogen-bond donors (Lipinski definition) is 1. The van der Waals surface area contributed by atoms with Crippen molar-refractivity contribution in [1.82, 2.24) is 4.98 Å². The van der Waals surface area contributed by atoms with E-state index in [9.17, 15) is 0 Å². The minimum absolute atomic E-state index is 0.421. The average Bonchev–Trinajstić information content (AvgIpc) is 2.87. The lowest BCUT2D eigenvalue weighted by atomic mass is 10.00. The number of thiazole rings is 1. The van der Waals surface area contributed by atoms with Crippen molar-refractivity contribution < 1.29 is 5.11 Å². The van der Waals surface area contributed by atoms with Gasteiger partial charge in [0.05, 0.1) is 16.8 Å². The smallest absolute Gasteiger partial charge is 0.0940 e. The van der Waals surface area contributed by atoms with Crippen molar-refractivity contribution in [2.24, 2.45) is 5.92 Å². The molecule has 0 aliphatic carbocycles. The van der Waals surface area contributed by atoms with E-state index >= 15 is 0 Å². The zero-order valence-corrected chi connectivity index (χ0v) is 15.4. The first-order valence-electron chi connectivity index (χ1n) is 8.11. The lowest BCUT2D eigenvalue weighted by Crippen LogP contribution is -1.92. The molecule has 0 bridgehead atoms. The summed E-state index contributed by atoms with van der Waals surface area (Å²) < 4.78 is 0. The predicted molar refractivity (Wildman–Crippen MR) is 92.4 cm³/mol. The van der Waals surface area contributed by atoms with E-state index in [-0.39, 0.29) is 0 Å². The summed E-state index contributed by atoms with van der Waals surface area (Å²) >= 11 is 1.56. The minimum atomic E-state index is -0.421. The Hall–Kier alpha value is -0.410. The summed E-state index contributed by atoms with van der Waals surface area (Å²) in [5, 5.41) is 11.9. The Balaban J connectivity index is 0. The fraction of sp³-hybridized carbons (Fsp3) is 0.824. The molecule has 120 valence electrons. The third-order valence-corrected chi connectivity index (χ3v) is 3.69. The van der Waals surface area contributed by atoms with Gasteiger partial charge in [0, 0.05) is 5.38 Å². The summed E-state index contributed by atoms with van der Waals surface area (Å²) in [6, 6.07) is 0. The van der Waals surface area contributed by atoms with Gasteiger partial charge in [-0.15, -0.1) is 11.3 Å². The second kappa shape index (κ2) is 15.0. The summed E-state index contributed by atoms with van der Waals surface area (Å²) in [7, 11) is 0. The first kappa shape index (κ1) is 21.9. The Morgan fingerprint density at radius 3 is 2.05 bits per heavy atom. The molecular weight excluding hydrogens is 266 g/mol. The average molecular weight is 302 g/mol. The summed E-state index contributed by atoms with van der Waals surface area (Å²) in [6.45, 7) is 14.5. The van der Waals surface area contributed by atoms with Crippen LogP contribution in [0.4, 0.5) is 0 Å². The van der Waals surface area contributed by atoms with Gasteiger partial charge < -0.3 is 5.11 Å². The first-order valence-corrected chi connectivity index (χ1v) is 8.99. The third-order valence-electron chi connectivity index (χ3n) is 2.90. The Morgan fingerprint density at radius 2 is 1.75 bits per heavy atom. The highest BCUT2D eigenvalue weighted by atomic mass is 32.1. The van der Waals surface area contributed by atoms with Gasteiger partial charge >= 0.3 is 0 Å². The molecule has 0 fully saturated rings. The van der Waals surface area contributed by atoms with Crippen LogP contribution in [0, 0.1) is 12.8 Å². The molecule has 1 aromatic heterocycles. The van der Waals surface area contributed by atoms with Gasteiger partial charge in [0.1, 0.15) is 0 Å². The van der Waals surface area contributed by atoms with Gasteiger partial charge in [-0.3, -0.25) is 0 Å². The maximum Gasteiger partial charge on any atom is 0.0940 e. The molecule has 3 heteroatoms. The van der Waals surface area contributed by atoms with Crippen molar-refractivity contribution in [3.63, 3.8) is 0 Å². The van der Waals surface area contributed by atoms with E-state index in [0.29, 0.717) is 0 Å². The first-order chi connectivity index (χ1) is 9.51. The van der Waals surface area contributed by atoms with Gasteiger partial charge in [-0.25, -0.2) is 4.98 Å². The highest BCUT2D eigenvalue weighted by Crippen LogP contribution is 2.14. The van der Waals surface area contributed by atoms with E-state index in [2.05, 4.69) is 25.8 Å². The van der Waals surface area contributed by atoms with E-state index in [0.717, 1.165) is 16.6 Å². The zero-order chi connectivity index (χ0) is 16.0. The molecule has 0 aliphatic heterocycles. The van der Waals surface area contributed by atoms with Gasteiger partial charge in [-0.2, -0.15) is 0 Å². The van der Waals surface area contributed by atoms with Crippen LogP contribution in [0.25, 0.3) is 0 Å². The number of hydrogen-bond acceptors (Lipinski definition) is 3. The molecule has 0 spiro atoms. The molecule has 1 N–H and O–H groups in total. The van der Waals surface area contributed by atoms with Gasteiger partial charge in [0.2, 0.25) is 0 Å². The molecule has 2 unspecified atom stereocenters. The number of nitrogens with zero attached hydrogens (tertiary/aromatic N) is 1. The van der Waals surface area contributed by atoms with Crippen molar-refractivity contribution in [3.8, 4) is 0 Å². The molecule has 1 heterocycles. The summed E-state index contributed by atoms with van der Waals surface area (Å²) in [6.07, 6.45) is 6.56. The molecule has 2 atom stereocenters. The Morgan fingerprint density at radius 1 is 1.15 bits per heavy atom. The molecule has 20 heavy (non-hydrogen) atoms. The van der Waals surface area contributed by atoms with Crippen LogP contribution in [-0.2, 0) is 0 Å². The van der Waals surface area contributed by atoms with Crippen LogP contribution in [0.2, 0.25) is 0 Å². The van der Waals surface area contributed by atoms with Crippen LogP contribution in [0.1, 0.15) is 90.5 Å². The Bertz CT molecular complexity index is 297. The predicted octanol–water partition coefficient (Wildman–Crippen LogP) is 6.14. The van der Waals surface area contributed by atoms with Crippen molar-refractivity contribution >= 4 is 11.3 Å². The zero-order valence-electron chi connectivity index (χ0n) is 14.6. The van der Waals surface area contributed by atoms with Crippen LogP contribution in [0.5, 0.6) is 0 Å². The lowest BCUT2D eigenvalue weighted by molar-refractivity contribution is 0.195. The lowest BCUT2D eigenvalue weighted by Gasteiger charge is -2.07. The Labute approximate surface area is 130 Å². The van der Waals surface area contributed by atoms with E-state index in [1.54, 1.807) is 18.3 Å². The summed E-state index contributed by atoms with van der Waals surface area (Å²) in [5.41, 5.74) is 0.775. The fourth-order valence-corrected chi connectivity index (χ4v) is 2.46. The molecule has 0 aromatic carbocycles. The van der Waals surface area contributed by atoms with Gasteiger partial charge in [-0.1, -0.05) is 66.7 Å². The Kier molecular flexibility index (Phi) is 16.4. The van der Waals surface area contributed by atoms with Crippen molar-refractivity contribution in [2.45, 2.75) is 86.7 Å². The van der Waals surface area contributed by atoms with Crippen LogP contribution in [0.3, 0.4) is 0 Å². The molecule has 2 nitrogen and oxygen atoms in total. The third kappa shape index (κ3) is 12.6. The molecule has 0 amide bonds. The van der Waals surface area contributed by atoms with Gasteiger partial charge in [-0.05, 0) is 19.8 Å². The molecule has 0 radical (unpaired) electrons. The van der Waals surface area contributed by atoms with Crippen LogP contribution in [0.15, 0.2) is 5.38 Å². The molecule has 0 saturated heterocycles. The summed E-state index contributed by atoms with van der Waals surface area (Å²) in [5.74, 6) is 0.968. The van der Waals surface area contributed by atoms with E-state index in [1.807, 2.05) is 26.2 Å². The number of aromatic nitrogens is 1. The summed E-state index contributed by atoms with van der Waals surface area (Å²) in [4.78, 5) is 4.08. The second-order valence-corrected chi connectivity index (χ2v) is 6.07. The van der Waals surface area contributed by atoms with E-state index in [4.69, 9.17) is 5.11 Å². The highest BCUT2D eigenvalue weighted by molar-refractivity contribution is 7.09. The molecule has 1 rings (SSSR count). The van der Waals surface area contributed by atoms with Gasteiger partial charge in [0.15, 0.2) is 0 Å². The van der Waals surface area contributed by atoms with Crippen LogP contribution >= 0.6 is 11.3 Å². The normalized spacial score (nSPS) is 12.6. The maximum atomic E-state index is 8.98. The highest BCUT2D eigenvalue weighted by Gasteiger charge is 2.02. The number of unbranched alkanes of at least 4 members (excludes halogenated alkanes) is 1. The monoisotopic (exact) mass is 301 g/mol. The standard InChI is InChI=1S/C9H20.C6H9NOS.C2H6/c1-4-6-8-9(3)7-5-2;1-4(8)6-3-9-5(2)7-6;1-2/h9H,4-8H2,1-3H3;3-4,8H,1-2H3;1-2H3. The van der Waals surface area contributed by atoms with Crippen molar-refractivity contribution in [3.05, 3.63) is 16.1 Å². The molecular formula is C17H35NOS. The van der Waals surface area contributed by atoms with Crippen molar-refractivity contribution in [2.75, 3.05) is 0 Å². The van der Waals surface area contributed by atoms with E-state index < -0.39 is 6.10 Å². The largest absolute Gasteiger partial charge is 0.387 e.